The van der Waals surface area contributed by atoms with Gasteiger partial charge in [-0.1, -0.05) is 48.5 Å². The van der Waals surface area contributed by atoms with E-state index in [0.717, 1.165) is 46.3 Å². The van der Waals surface area contributed by atoms with Crippen LogP contribution >= 0.6 is 0 Å². The van der Waals surface area contributed by atoms with E-state index in [1.165, 1.54) is 9.13 Å². The fourth-order valence-electron chi connectivity index (χ4n) is 8.67. The van der Waals surface area contributed by atoms with Crippen LogP contribution in [0.1, 0.15) is 85.7 Å². The molecule has 0 saturated carbocycles. The zero-order valence-corrected chi connectivity index (χ0v) is 34.6. The lowest BCUT2D eigenvalue weighted by molar-refractivity contribution is -0.136. The molecule has 0 aliphatic carbocycles. The Bertz CT molecular complexity index is 2410. The third kappa shape index (κ3) is 9.60. The molecule has 4 aromatic rings. The number of amides is 6. The van der Waals surface area contributed by atoms with Gasteiger partial charge < -0.3 is 26.8 Å². The summed E-state index contributed by atoms with van der Waals surface area (Å²) in [6, 6.07) is 16.6. The minimum Gasteiger partial charge on any atom is -0.372 e. The number of aromatic nitrogens is 2. The molecule has 0 bridgehead atoms. The van der Waals surface area contributed by atoms with E-state index < -0.39 is 42.1 Å². The number of fused-ring (bicyclic) bond motifs is 1. The molecule has 61 heavy (non-hydrogen) atoms. The Morgan fingerprint density at radius 2 is 1.64 bits per heavy atom. The van der Waals surface area contributed by atoms with Crippen molar-refractivity contribution in [3.8, 4) is 0 Å². The van der Waals surface area contributed by atoms with Gasteiger partial charge in [0.25, 0.3) is 0 Å². The molecule has 4 heterocycles. The lowest BCUT2D eigenvalue weighted by Gasteiger charge is -2.30. The number of hydrogen-bond acceptors (Lipinski definition) is 9. The molecule has 3 aliphatic rings. The number of primary amides is 1. The number of nitrogens with two attached hydrogens (primary N) is 2. The van der Waals surface area contributed by atoms with Crippen LogP contribution < -0.4 is 38.0 Å². The molecule has 1 fully saturated rings. The van der Waals surface area contributed by atoms with Crippen LogP contribution in [0, 0.1) is 0 Å². The van der Waals surface area contributed by atoms with Crippen molar-refractivity contribution >= 4 is 52.2 Å². The predicted molar refractivity (Wildman–Crippen MR) is 227 cm³/mol. The Hall–Kier alpha value is -6.13. The highest BCUT2D eigenvalue weighted by molar-refractivity contribution is 6.07. The summed E-state index contributed by atoms with van der Waals surface area (Å²) in [7, 11) is 1.64. The molecular formula is C45H54N8O8. The van der Waals surface area contributed by atoms with Crippen LogP contribution in [0.3, 0.4) is 0 Å². The second-order valence-corrected chi connectivity index (χ2v) is 16.4. The molecular weight excluding hydrogens is 781 g/mol. The van der Waals surface area contributed by atoms with Crippen LogP contribution in [0.15, 0.2) is 65.5 Å². The zero-order valence-electron chi connectivity index (χ0n) is 34.6. The zero-order chi connectivity index (χ0) is 43.4. The lowest BCUT2D eigenvalue weighted by atomic mass is 10.0. The Morgan fingerprint density at radius 3 is 2.39 bits per heavy atom. The van der Waals surface area contributed by atoms with Crippen LogP contribution in [-0.4, -0.2) is 75.4 Å². The molecule has 16 nitrogen and oxygen atoms in total. The SMILES string of the molecule is C[C@@H](OCc1ccc(CCCNC(=O)CCc2ccc3c(c2)n(C)c(=O)n3C2CCC(=O)NC2=O)cc1)[C@H](CCC(N)=O)NC(=O)[C@@H]1Cc2cccc3c2N1C(=O)[C@@H](N)CC3. The first-order valence-electron chi connectivity index (χ1n) is 21.1. The smallest absolute Gasteiger partial charge is 0.329 e. The predicted octanol–water partition coefficient (Wildman–Crippen LogP) is 1.89. The summed E-state index contributed by atoms with van der Waals surface area (Å²) in [5.41, 5.74) is 18.3. The third-order valence-corrected chi connectivity index (χ3v) is 12.2. The molecule has 5 atom stereocenters. The number of carbonyl (C=O) groups excluding carboxylic acids is 6. The van der Waals surface area contributed by atoms with E-state index in [1.54, 1.807) is 18.0 Å². The minimum absolute atomic E-state index is 0.0562. The maximum atomic E-state index is 13.8. The van der Waals surface area contributed by atoms with Gasteiger partial charge in [-0.05, 0) is 91.8 Å². The molecule has 7 N–H and O–H groups in total. The van der Waals surface area contributed by atoms with Gasteiger partial charge in [-0.25, -0.2) is 4.79 Å². The number of para-hydroxylation sites is 1. The fourth-order valence-corrected chi connectivity index (χ4v) is 8.67. The average molecular weight is 835 g/mol. The van der Waals surface area contributed by atoms with E-state index >= 15 is 0 Å². The second kappa shape index (κ2) is 18.6. The molecule has 322 valence electrons. The van der Waals surface area contributed by atoms with Crippen molar-refractivity contribution in [2.24, 2.45) is 18.5 Å². The standard InChI is InChI=1S/C45H54N8O8/c1-26(33(16-19-38(47)54)49-43(58)37-24-31-7-3-6-30-14-15-32(46)44(59)53(37)41(30)31)61-25-29-10-8-27(9-11-29)5-4-22-48-39(55)20-13-28-12-17-34-36(23-28)51(2)45(60)52(34)35-18-21-40(56)50-42(35)57/h3,6-12,17,23,26,32-33,35,37H,4-5,13-16,18-22,24-25,46H2,1-2H3,(H2,47,54)(H,48,55)(H,49,58)(H,50,56,57)/t26-,32+,33+,35?,37+/m1/s1. The molecule has 3 aliphatic heterocycles. The highest BCUT2D eigenvalue weighted by Crippen LogP contribution is 2.39. The number of carbonyl (C=O) groups is 6. The summed E-state index contributed by atoms with van der Waals surface area (Å²) in [5.74, 6) is -1.99. The van der Waals surface area contributed by atoms with Crippen molar-refractivity contribution in [2.45, 2.75) is 114 Å². The van der Waals surface area contributed by atoms with Crippen molar-refractivity contribution < 1.29 is 33.5 Å². The van der Waals surface area contributed by atoms with Gasteiger partial charge in [-0.2, -0.15) is 0 Å². The van der Waals surface area contributed by atoms with Gasteiger partial charge in [-0.3, -0.25) is 48.1 Å². The maximum absolute atomic E-state index is 13.8. The van der Waals surface area contributed by atoms with Crippen LogP contribution in [0.5, 0.6) is 0 Å². The monoisotopic (exact) mass is 834 g/mol. The Kier molecular flexibility index (Phi) is 13.1. The van der Waals surface area contributed by atoms with Crippen molar-refractivity contribution in [2.75, 3.05) is 11.4 Å². The lowest BCUT2D eigenvalue weighted by Crippen LogP contribution is -2.55. The summed E-state index contributed by atoms with van der Waals surface area (Å²) in [6.07, 6.45) is 4.08. The van der Waals surface area contributed by atoms with Crippen LogP contribution in [0.4, 0.5) is 5.69 Å². The second-order valence-electron chi connectivity index (χ2n) is 16.4. The average Bonchev–Trinajstić information content (AvgIpc) is 3.71. The Labute approximate surface area is 353 Å². The van der Waals surface area contributed by atoms with Gasteiger partial charge in [0.15, 0.2) is 0 Å². The van der Waals surface area contributed by atoms with E-state index in [1.807, 2.05) is 61.5 Å². The van der Waals surface area contributed by atoms with E-state index in [4.69, 9.17) is 16.2 Å². The largest absolute Gasteiger partial charge is 0.372 e. The summed E-state index contributed by atoms with van der Waals surface area (Å²) < 4.78 is 9.14. The number of rotatable bonds is 17. The van der Waals surface area contributed by atoms with E-state index in [-0.39, 0.29) is 68.0 Å². The highest BCUT2D eigenvalue weighted by Gasteiger charge is 2.43. The summed E-state index contributed by atoms with van der Waals surface area (Å²) in [6.45, 7) is 2.62. The van der Waals surface area contributed by atoms with Gasteiger partial charge in [-0.15, -0.1) is 0 Å². The van der Waals surface area contributed by atoms with Crippen molar-refractivity contribution in [3.63, 3.8) is 0 Å². The number of aryl methyl sites for hydroxylation is 4. The van der Waals surface area contributed by atoms with Crippen LogP contribution in [0.2, 0.25) is 0 Å². The number of imidazole rings is 1. The molecule has 1 saturated heterocycles. The number of benzene rings is 3. The van der Waals surface area contributed by atoms with Crippen LogP contribution in [0.25, 0.3) is 11.0 Å². The van der Waals surface area contributed by atoms with Gasteiger partial charge in [0.05, 0.1) is 41.5 Å². The number of hydrogen-bond donors (Lipinski definition) is 5. The minimum atomic E-state index is -0.757. The highest BCUT2D eigenvalue weighted by atomic mass is 16.5. The van der Waals surface area contributed by atoms with Gasteiger partial charge in [0.2, 0.25) is 35.4 Å². The molecule has 1 unspecified atom stereocenters. The van der Waals surface area contributed by atoms with Crippen molar-refractivity contribution in [1.29, 1.82) is 0 Å². The van der Waals surface area contributed by atoms with E-state index in [0.29, 0.717) is 43.3 Å². The topological polar surface area (TPSA) is 230 Å². The number of ether oxygens (including phenoxy) is 1. The number of nitrogens with zero attached hydrogens (tertiary/aromatic N) is 3. The molecule has 1 aromatic heterocycles. The van der Waals surface area contributed by atoms with Gasteiger partial charge >= 0.3 is 5.69 Å². The first-order valence-corrected chi connectivity index (χ1v) is 21.1. The van der Waals surface area contributed by atoms with Crippen molar-refractivity contribution in [3.05, 3.63) is 99.0 Å². The summed E-state index contributed by atoms with van der Waals surface area (Å²) >= 11 is 0. The van der Waals surface area contributed by atoms with E-state index in [2.05, 4.69) is 16.0 Å². The quantitative estimate of drug-likeness (QED) is 0.0772. The molecule has 3 aromatic carbocycles. The number of anilines is 1. The Balaban J connectivity index is 0.857. The molecule has 16 heteroatoms. The molecule has 7 rings (SSSR count). The maximum Gasteiger partial charge on any atom is 0.329 e. The number of piperidine rings is 1. The van der Waals surface area contributed by atoms with E-state index in [9.17, 15) is 33.6 Å². The van der Waals surface area contributed by atoms with Crippen molar-refractivity contribution in [1.82, 2.24) is 25.1 Å². The third-order valence-electron chi connectivity index (χ3n) is 12.2. The number of imide groups is 1. The molecule has 0 radical (unpaired) electrons. The van der Waals surface area contributed by atoms with Crippen LogP contribution in [-0.2, 0) is 72.8 Å². The summed E-state index contributed by atoms with van der Waals surface area (Å²) in [5, 5.41) is 8.37. The number of nitrogens with one attached hydrogen (secondary N) is 3. The normalized spacial score (nSPS) is 19.6. The Morgan fingerprint density at radius 1 is 0.902 bits per heavy atom. The first kappa shape index (κ1) is 43.0. The molecule has 6 amide bonds. The summed E-state index contributed by atoms with van der Waals surface area (Å²) in [4.78, 5) is 90.4. The first-order chi connectivity index (χ1) is 29.3. The van der Waals surface area contributed by atoms with Gasteiger partial charge in [0, 0.05) is 39.3 Å². The van der Waals surface area contributed by atoms with Gasteiger partial charge in [0.1, 0.15) is 12.1 Å². The molecule has 0 spiro atoms. The fraction of sp³-hybridized carbons (Fsp3) is 0.444.